The number of rotatable bonds is 4. The van der Waals surface area contributed by atoms with Gasteiger partial charge in [-0.1, -0.05) is 24.3 Å². The van der Waals surface area contributed by atoms with Crippen molar-refractivity contribution in [3.05, 3.63) is 65.0 Å². The predicted octanol–water partition coefficient (Wildman–Crippen LogP) is 3.81. The predicted molar refractivity (Wildman–Crippen MR) is 119 cm³/mol. The van der Waals surface area contributed by atoms with Gasteiger partial charge in [-0.2, -0.15) is 5.10 Å². The van der Waals surface area contributed by atoms with Crippen LogP contribution >= 0.6 is 24.0 Å². The molecule has 0 bridgehead atoms. The quantitative estimate of drug-likeness (QED) is 0.305. The highest BCUT2D eigenvalue weighted by Crippen LogP contribution is 2.24. The van der Waals surface area contributed by atoms with Crippen LogP contribution in [0.4, 0.5) is 5.69 Å². The Morgan fingerprint density at radius 3 is 2.85 bits per heavy atom. The molecule has 0 saturated carbocycles. The molecule has 0 fully saturated rings. The van der Waals surface area contributed by atoms with Gasteiger partial charge in [-0.05, 0) is 61.1 Å². The van der Waals surface area contributed by atoms with Gasteiger partial charge in [-0.25, -0.2) is 9.98 Å². The van der Waals surface area contributed by atoms with Crippen LogP contribution in [0.1, 0.15) is 28.9 Å². The number of aromatic nitrogens is 3. The third-order valence-corrected chi connectivity index (χ3v) is 4.59. The van der Waals surface area contributed by atoms with Crippen molar-refractivity contribution in [2.24, 2.45) is 10.7 Å². The van der Waals surface area contributed by atoms with Gasteiger partial charge in [0.05, 0.1) is 6.54 Å². The Kier molecular flexibility index (Phi) is 6.10. The van der Waals surface area contributed by atoms with Gasteiger partial charge in [0.25, 0.3) is 0 Å². The molecule has 0 aliphatic heterocycles. The summed E-state index contributed by atoms with van der Waals surface area (Å²) in [6, 6.07) is 14.5. The lowest BCUT2D eigenvalue weighted by Gasteiger charge is -2.08. The molecule has 2 aromatic carbocycles. The summed E-state index contributed by atoms with van der Waals surface area (Å²) in [4.78, 5) is 8.82. The first kappa shape index (κ1) is 19.3. The second-order valence-electron chi connectivity index (χ2n) is 6.61. The zero-order valence-electron chi connectivity index (χ0n) is 15.2. The van der Waals surface area contributed by atoms with E-state index in [9.17, 15) is 0 Å². The lowest BCUT2D eigenvalue weighted by atomic mass is 10.1. The fraction of sp³-hybridized carbons (Fsp3) is 0.250. The summed E-state index contributed by atoms with van der Waals surface area (Å²) in [5.74, 6) is 1.91. The van der Waals surface area contributed by atoms with E-state index < -0.39 is 0 Å². The molecule has 4 N–H and O–H groups in total. The minimum Gasteiger partial charge on any atom is -0.370 e. The molecule has 0 atom stereocenters. The molecule has 7 heteroatoms. The Labute approximate surface area is 175 Å². The molecular formula is C20H23IN6. The normalized spacial score (nSPS) is 13.1. The van der Waals surface area contributed by atoms with Crippen molar-refractivity contribution in [3.63, 3.8) is 0 Å². The second-order valence-corrected chi connectivity index (χ2v) is 6.61. The molecule has 0 unspecified atom stereocenters. The van der Waals surface area contributed by atoms with Crippen LogP contribution in [0.25, 0.3) is 11.4 Å². The molecule has 27 heavy (non-hydrogen) atoms. The van der Waals surface area contributed by atoms with E-state index in [1.807, 2.05) is 31.2 Å². The first-order valence-electron chi connectivity index (χ1n) is 8.84. The SMILES string of the molecule is Cc1nc(-c2cccc(CN=C(N)Nc3ccc4c(c3)CCC4)c2)n[nH]1.I. The van der Waals surface area contributed by atoms with Crippen molar-refractivity contribution in [2.45, 2.75) is 32.7 Å². The van der Waals surface area contributed by atoms with Gasteiger partial charge in [0.2, 0.25) is 0 Å². The zero-order valence-corrected chi connectivity index (χ0v) is 17.5. The number of H-pyrrole nitrogens is 1. The number of guanidine groups is 1. The maximum atomic E-state index is 6.06. The smallest absolute Gasteiger partial charge is 0.193 e. The summed E-state index contributed by atoms with van der Waals surface area (Å²) < 4.78 is 0. The summed E-state index contributed by atoms with van der Waals surface area (Å²) in [5, 5.41) is 10.3. The Bertz CT molecular complexity index is 963. The zero-order chi connectivity index (χ0) is 17.9. The number of nitrogens with two attached hydrogens (primary N) is 1. The summed E-state index contributed by atoms with van der Waals surface area (Å²) in [6.07, 6.45) is 3.57. The Morgan fingerprint density at radius 1 is 1.19 bits per heavy atom. The van der Waals surface area contributed by atoms with Gasteiger partial charge >= 0.3 is 0 Å². The Hall–Kier alpha value is -2.42. The summed E-state index contributed by atoms with van der Waals surface area (Å²) >= 11 is 0. The number of aromatic amines is 1. The average Bonchev–Trinajstić information content (AvgIpc) is 3.28. The number of aryl methyl sites for hydroxylation is 3. The van der Waals surface area contributed by atoms with Gasteiger partial charge in [0, 0.05) is 11.3 Å². The van der Waals surface area contributed by atoms with Crippen LogP contribution in [-0.2, 0) is 19.4 Å². The number of nitrogens with one attached hydrogen (secondary N) is 2. The van der Waals surface area contributed by atoms with Crippen molar-refractivity contribution in [2.75, 3.05) is 5.32 Å². The van der Waals surface area contributed by atoms with E-state index >= 15 is 0 Å². The molecule has 0 saturated heterocycles. The van der Waals surface area contributed by atoms with Crippen LogP contribution in [0.15, 0.2) is 47.5 Å². The van der Waals surface area contributed by atoms with Crippen molar-refractivity contribution >= 4 is 35.6 Å². The second kappa shape index (κ2) is 8.51. The molecule has 0 spiro atoms. The lowest BCUT2D eigenvalue weighted by molar-refractivity contribution is 0.912. The van der Waals surface area contributed by atoms with E-state index in [1.54, 1.807) is 0 Å². The fourth-order valence-electron chi connectivity index (χ4n) is 3.29. The van der Waals surface area contributed by atoms with Gasteiger partial charge in [0.1, 0.15) is 5.82 Å². The molecule has 3 aromatic rings. The number of anilines is 1. The van der Waals surface area contributed by atoms with Crippen LogP contribution in [0.2, 0.25) is 0 Å². The Morgan fingerprint density at radius 2 is 2.04 bits per heavy atom. The average molecular weight is 474 g/mol. The standard InChI is InChI=1S/C20H22N6.HI/c1-13-23-19(26-25-13)17-7-2-4-14(10-17)12-22-20(21)24-18-9-8-15-5-3-6-16(15)11-18;/h2,4,7-11H,3,5-6,12H2,1H3,(H3,21,22,24)(H,23,25,26);1H. The van der Waals surface area contributed by atoms with E-state index in [1.165, 1.54) is 24.0 Å². The van der Waals surface area contributed by atoms with Crippen LogP contribution in [0.5, 0.6) is 0 Å². The highest BCUT2D eigenvalue weighted by atomic mass is 127. The molecule has 1 aliphatic rings. The largest absolute Gasteiger partial charge is 0.370 e. The molecule has 0 radical (unpaired) electrons. The molecule has 140 valence electrons. The van der Waals surface area contributed by atoms with E-state index in [-0.39, 0.29) is 24.0 Å². The maximum absolute atomic E-state index is 6.06. The van der Waals surface area contributed by atoms with E-state index in [0.717, 1.165) is 29.1 Å². The third-order valence-electron chi connectivity index (χ3n) is 4.59. The highest BCUT2D eigenvalue weighted by Gasteiger charge is 2.11. The number of fused-ring (bicyclic) bond motifs is 1. The van der Waals surface area contributed by atoms with E-state index in [4.69, 9.17) is 5.73 Å². The van der Waals surface area contributed by atoms with Crippen molar-refractivity contribution in [1.82, 2.24) is 15.2 Å². The first-order chi connectivity index (χ1) is 12.7. The molecular weight excluding hydrogens is 451 g/mol. The van der Waals surface area contributed by atoms with Crippen LogP contribution < -0.4 is 11.1 Å². The minimum absolute atomic E-state index is 0. The van der Waals surface area contributed by atoms with Gasteiger partial charge < -0.3 is 11.1 Å². The number of aliphatic imine (C=N–C) groups is 1. The molecule has 1 heterocycles. The molecule has 1 aliphatic carbocycles. The summed E-state index contributed by atoms with van der Waals surface area (Å²) in [7, 11) is 0. The Balaban J connectivity index is 0.00000210. The molecule has 0 amide bonds. The first-order valence-corrected chi connectivity index (χ1v) is 8.84. The number of benzene rings is 2. The van der Waals surface area contributed by atoms with E-state index in [0.29, 0.717) is 18.3 Å². The topological polar surface area (TPSA) is 92.0 Å². The molecule has 6 nitrogen and oxygen atoms in total. The van der Waals surface area contributed by atoms with E-state index in [2.05, 4.69) is 43.7 Å². The van der Waals surface area contributed by atoms with Gasteiger partial charge in [0.15, 0.2) is 11.8 Å². The molecule has 4 rings (SSSR count). The summed E-state index contributed by atoms with van der Waals surface area (Å²) in [5.41, 5.74) is 11.9. The van der Waals surface area contributed by atoms with Crippen molar-refractivity contribution in [1.29, 1.82) is 0 Å². The third kappa shape index (κ3) is 4.65. The van der Waals surface area contributed by atoms with Crippen LogP contribution in [0.3, 0.4) is 0 Å². The van der Waals surface area contributed by atoms with Gasteiger partial charge in [-0.15, -0.1) is 24.0 Å². The van der Waals surface area contributed by atoms with Crippen molar-refractivity contribution < 1.29 is 0 Å². The number of hydrogen-bond donors (Lipinski definition) is 3. The number of halogens is 1. The maximum Gasteiger partial charge on any atom is 0.193 e. The van der Waals surface area contributed by atoms with Crippen LogP contribution in [-0.4, -0.2) is 21.1 Å². The monoisotopic (exact) mass is 474 g/mol. The molecule has 1 aromatic heterocycles. The fourth-order valence-corrected chi connectivity index (χ4v) is 3.29. The number of hydrogen-bond acceptors (Lipinski definition) is 3. The highest BCUT2D eigenvalue weighted by molar-refractivity contribution is 14.0. The summed E-state index contributed by atoms with van der Waals surface area (Å²) in [6.45, 7) is 2.39. The van der Waals surface area contributed by atoms with Crippen LogP contribution in [0, 0.1) is 6.92 Å². The lowest BCUT2D eigenvalue weighted by Crippen LogP contribution is -2.22. The van der Waals surface area contributed by atoms with Gasteiger partial charge in [-0.3, -0.25) is 5.10 Å². The number of nitrogens with zero attached hydrogens (tertiary/aromatic N) is 3. The minimum atomic E-state index is 0. The van der Waals surface area contributed by atoms with Crippen molar-refractivity contribution in [3.8, 4) is 11.4 Å².